The number of halogens is 1. The summed E-state index contributed by atoms with van der Waals surface area (Å²) in [5.74, 6) is 1.21. The molecule has 0 atom stereocenters. The van der Waals surface area contributed by atoms with Crippen molar-refractivity contribution in [2.45, 2.75) is 0 Å². The number of anilines is 2. The van der Waals surface area contributed by atoms with Crippen LogP contribution in [-0.2, 0) is 0 Å². The highest BCUT2D eigenvalue weighted by Crippen LogP contribution is 2.26. The first kappa shape index (κ1) is 20.0. The van der Waals surface area contributed by atoms with Crippen molar-refractivity contribution in [3.8, 4) is 11.6 Å². The highest BCUT2D eigenvalue weighted by molar-refractivity contribution is 6.30. The zero-order valence-corrected chi connectivity index (χ0v) is 17.5. The summed E-state index contributed by atoms with van der Waals surface area (Å²) < 4.78 is 10.6. The number of carbonyl (C=O) groups excluding carboxylic acids is 1. The largest absolute Gasteiger partial charge is 0.497 e. The number of urea groups is 1. The van der Waals surface area contributed by atoms with Gasteiger partial charge in [-0.05, 0) is 36.4 Å². The van der Waals surface area contributed by atoms with E-state index in [1.165, 1.54) is 7.11 Å². The monoisotopic (exact) mass is 427 g/mol. The third-order valence-corrected chi connectivity index (χ3v) is 5.27. The molecule has 4 rings (SSSR count). The molecule has 2 amide bonds. The maximum absolute atomic E-state index is 12.8. The summed E-state index contributed by atoms with van der Waals surface area (Å²) in [5.41, 5.74) is 2.36. The summed E-state index contributed by atoms with van der Waals surface area (Å²) in [6.45, 7) is 2.64. The van der Waals surface area contributed by atoms with Gasteiger partial charge >= 0.3 is 6.03 Å². The molecule has 1 aliphatic heterocycles. The fourth-order valence-corrected chi connectivity index (χ4v) is 3.49. The summed E-state index contributed by atoms with van der Waals surface area (Å²) in [6.07, 6.45) is 0. The number of fused-ring (bicyclic) bond motifs is 1. The first-order valence-corrected chi connectivity index (χ1v) is 9.91. The number of ether oxygens (including phenoxy) is 2. The van der Waals surface area contributed by atoms with Crippen molar-refractivity contribution < 1.29 is 14.3 Å². The van der Waals surface area contributed by atoms with E-state index in [4.69, 9.17) is 21.1 Å². The van der Waals surface area contributed by atoms with Gasteiger partial charge in [-0.3, -0.25) is 5.32 Å². The molecule has 0 bridgehead atoms. The van der Waals surface area contributed by atoms with Gasteiger partial charge in [-0.2, -0.15) is 0 Å². The van der Waals surface area contributed by atoms with Crippen LogP contribution < -0.4 is 19.7 Å². The van der Waals surface area contributed by atoms with Gasteiger partial charge in [0.05, 0.1) is 25.3 Å². The highest BCUT2D eigenvalue weighted by atomic mass is 35.5. The first-order chi connectivity index (χ1) is 14.6. The molecule has 0 aliphatic carbocycles. The van der Waals surface area contributed by atoms with E-state index >= 15 is 0 Å². The van der Waals surface area contributed by atoms with E-state index in [1.54, 1.807) is 30.2 Å². The van der Waals surface area contributed by atoms with Crippen molar-refractivity contribution in [1.29, 1.82) is 0 Å². The molecule has 3 aromatic rings. The molecule has 0 unspecified atom stereocenters. The second-order valence-electron chi connectivity index (χ2n) is 6.82. The molecule has 1 aliphatic rings. The number of benzene rings is 2. The zero-order valence-electron chi connectivity index (χ0n) is 16.8. The SMILES string of the molecule is COc1ccc2nc(OC)c(NC(=O)N3CCN(c4ccc(Cl)cc4)CC3)nc2c1. The standard InChI is InChI=1S/C21H22ClN5O3/c1-29-16-7-8-17-18(13-16)23-19(20(24-17)30-2)25-21(28)27-11-9-26(10-12-27)15-5-3-14(22)4-6-15/h3-8,13H,9-12H2,1-2H3,(H,23,25,28). The van der Waals surface area contributed by atoms with E-state index in [0.29, 0.717) is 34.9 Å². The average molecular weight is 428 g/mol. The van der Waals surface area contributed by atoms with E-state index < -0.39 is 0 Å². The Morgan fingerprint density at radius 1 is 0.967 bits per heavy atom. The lowest BCUT2D eigenvalue weighted by atomic mass is 10.2. The summed E-state index contributed by atoms with van der Waals surface area (Å²) >= 11 is 5.96. The molecule has 30 heavy (non-hydrogen) atoms. The molecule has 0 saturated carbocycles. The third-order valence-electron chi connectivity index (χ3n) is 5.02. The molecule has 9 heteroatoms. The van der Waals surface area contributed by atoms with Crippen LogP contribution in [0.5, 0.6) is 11.6 Å². The van der Waals surface area contributed by atoms with Crippen molar-refractivity contribution >= 4 is 40.2 Å². The van der Waals surface area contributed by atoms with Gasteiger partial charge in [0.25, 0.3) is 5.88 Å². The molecule has 8 nitrogen and oxygen atoms in total. The van der Waals surface area contributed by atoms with Crippen molar-refractivity contribution in [1.82, 2.24) is 14.9 Å². The average Bonchev–Trinajstić information content (AvgIpc) is 2.78. The fourth-order valence-electron chi connectivity index (χ4n) is 3.37. The normalized spacial score (nSPS) is 14.0. The van der Waals surface area contributed by atoms with E-state index in [2.05, 4.69) is 20.2 Å². The number of hydrogen-bond donors (Lipinski definition) is 1. The number of carbonyl (C=O) groups is 1. The van der Waals surface area contributed by atoms with Crippen LogP contribution in [0.25, 0.3) is 11.0 Å². The Hall–Kier alpha value is -3.26. The summed E-state index contributed by atoms with van der Waals surface area (Å²) in [7, 11) is 3.09. The van der Waals surface area contributed by atoms with Crippen LogP contribution in [0.15, 0.2) is 42.5 Å². The molecule has 2 heterocycles. The number of piperazine rings is 1. The summed E-state index contributed by atoms with van der Waals surface area (Å²) in [6, 6.07) is 12.8. The van der Waals surface area contributed by atoms with Gasteiger partial charge in [0.15, 0.2) is 5.82 Å². The van der Waals surface area contributed by atoms with Gasteiger partial charge in [0.2, 0.25) is 0 Å². The first-order valence-electron chi connectivity index (χ1n) is 9.53. The number of aromatic nitrogens is 2. The van der Waals surface area contributed by atoms with Gasteiger partial charge < -0.3 is 19.3 Å². The van der Waals surface area contributed by atoms with Crippen molar-refractivity contribution in [3.05, 3.63) is 47.5 Å². The molecule has 1 aromatic heterocycles. The number of rotatable bonds is 4. The molecule has 2 aromatic carbocycles. The quantitative estimate of drug-likeness (QED) is 0.684. The van der Waals surface area contributed by atoms with Crippen LogP contribution in [0.4, 0.5) is 16.3 Å². The van der Waals surface area contributed by atoms with E-state index in [1.807, 2.05) is 24.3 Å². The van der Waals surface area contributed by atoms with Gasteiger partial charge in [-0.25, -0.2) is 14.8 Å². The fraction of sp³-hybridized carbons (Fsp3) is 0.286. The minimum absolute atomic E-state index is 0.236. The number of nitrogens with zero attached hydrogens (tertiary/aromatic N) is 4. The van der Waals surface area contributed by atoms with E-state index in [0.717, 1.165) is 18.8 Å². The highest BCUT2D eigenvalue weighted by Gasteiger charge is 2.23. The number of methoxy groups -OCH3 is 2. The van der Waals surface area contributed by atoms with Crippen LogP contribution in [0.3, 0.4) is 0 Å². The molecular formula is C21H22ClN5O3. The maximum atomic E-state index is 12.8. The van der Waals surface area contributed by atoms with Crippen LogP contribution in [-0.4, -0.2) is 61.3 Å². The van der Waals surface area contributed by atoms with Gasteiger partial charge in [0.1, 0.15) is 5.75 Å². The second-order valence-corrected chi connectivity index (χ2v) is 7.25. The lowest BCUT2D eigenvalue weighted by Gasteiger charge is -2.36. The Kier molecular flexibility index (Phi) is 5.76. The Morgan fingerprint density at radius 3 is 2.37 bits per heavy atom. The van der Waals surface area contributed by atoms with Crippen LogP contribution in [0.1, 0.15) is 0 Å². The Bertz CT molecular complexity index is 1050. The molecule has 1 N–H and O–H groups in total. The number of nitrogens with one attached hydrogen (secondary N) is 1. The van der Waals surface area contributed by atoms with Crippen molar-refractivity contribution in [2.24, 2.45) is 0 Å². The van der Waals surface area contributed by atoms with Gasteiger partial charge in [-0.15, -0.1) is 0 Å². The number of amides is 2. The summed E-state index contributed by atoms with van der Waals surface area (Å²) in [5, 5.41) is 3.54. The van der Waals surface area contributed by atoms with Crippen molar-refractivity contribution in [3.63, 3.8) is 0 Å². The minimum Gasteiger partial charge on any atom is -0.497 e. The Labute approximate surface area is 179 Å². The van der Waals surface area contributed by atoms with E-state index in [-0.39, 0.29) is 17.7 Å². The van der Waals surface area contributed by atoms with Gasteiger partial charge in [-0.1, -0.05) is 11.6 Å². The predicted molar refractivity (Wildman–Crippen MR) is 117 cm³/mol. The molecule has 1 saturated heterocycles. The second kappa shape index (κ2) is 8.62. The maximum Gasteiger partial charge on any atom is 0.323 e. The topological polar surface area (TPSA) is 79.8 Å². The summed E-state index contributed by atoms with van der Waals surface area (Å²) in [4.78, 5) is 25.7. The van der Waals surface area contributed by atoms with Crippen LogP contribution in [0, 0.1) is 0 Å². The Morgan fingerprint density at radius 2 is 1.70 bits per heavy atom. The minimum atomic E-state index is -0.236. The van der Waals surface area contributed by atoms with E-state index in [9.17, 15) is 4.79 Å². The lowest BCUT2D eigenvalue weighted by Crippen LogP contribution is -2.50. The van der Waals surface area contributed by atoms with Crippen LogP contribution >= 0.6 is 11.6 Å². The third kappa shape index (κ3) is 4.18. The van der Waals surface area contributed by atoms with Crippen LogP contribution in [0.2, 0.25) is 5.02 Å². The zero-order chi connectivity index (χ0) is 21.1. The Balaban J connectivity index is 1.46. The number of hydrogen-bond acceptors (Lipinski definition) is 6. The molecule has 0 spiro atoms. The predicted octanol–water partition coefficient (Wildman–Crippen LogP) is 3.65. The smallest absolute Gasteiger partial charge is 0.323 e. The van der Waals surface area contributed by atoms with Gasteiger partial charge in [0, 0.05) is 43.0 Å². The molecular weight excluding hydrogens is 406 g/mol. The lowest BCUT2D eigenvalue weighted by molar-refractivity contribution is 0.208. The van der Waals surface area contributed by atoms with Crippen molar-refractivity contribution in [2.75, 3.05) is 50.6 Å². The molecule has 156 valence electrons. The molecule has 0 radical (unpaired) electrons. The molecule has 1 fully saturated rings.